The van der Waals surface area contributed by atoms with E-state index < -0.39 is 41.4 Å². The highest BCUT2D eigenvalue weighted by molar-refractivity contribution is 5.71. The number of aliphatic carboxylic acids is 1. The van der Waals surface area contributed by atoms with Crippen molar-refractivity contribution in [2.75, 3.05) is 19.6 Å². The van der Waals surface area contributed by atoms with Crippen LogP contribution in [-0.4, -0.2) is 56.0 Å². The van der Waals surface area contributed by atoms with E-state index in [-0.39, 0.29) is 23.6 Å². The van der Waals surface area contributed by atoms with Gasteiger partial charge in [-0.2, -0.15) is 18.2 Å². The molecule has 0 aliphatic carbocycles. The Morgan fingerprint density at radius 2 is 1.79 bits per heavy atom. The number of hydrogen-bond acceptors (Lipinski definition) is 8. The maximum Gasteiger partial charge on any atom is 0.422 e. The summed E-state index contributed by atoms with van der Waals surface area (Å²) in [6.07, 6.45) is -4.27. The van der Waals surface area contributed by atoms with Crippen molar-refractivity contribution < 1.29 is 37.2 Å². The van der Waals surface area contributed by atoms with Crippen LogP contribution in [0.15, 0.2) is 63.6 Å². The van der Waals surface area contributed by atoms with E-state index in [1.165, 1.54) is 12.1 Å². The highest BCUT2D eigenvalue weighted by atomic mass is 19.4. The molecule has 2 N–H and O–H groups in total. The minimum Gasteiger partial charge on any atom is -0.481 e. The first kappa shape index (κ1) is 25.6. The van der Waals surface area contributed by atoms with E-state index in [2.05, 4.69) is 15.3 Å². The summed E-state index contributed by atoms with van der Waals surface area (Å²) in [5.41, 5.74) is -0.213. The summed E-state index contributed by atoms with van der Waals surface area (Å²) in [7, 11) is 0. The SMILES string of the molecule is O=C(O)[C@H]1CCCN(C[C@H](O)c2ccc(-c3noc(-c4onc(-c5ccccc5)c4C(F)(F)F)n3)cc2)C1. The third-order valence-corrected chi connectivity index (χ3v) is 6.48. The lowest BCUT2D eigenvalue weighted by atomic mass is 9.97. The van der Waals surface area contributed by atoms with Crippen molar-refractivity contribution in [3.63, 3.8) is 0 Å². The molecule has 2 aromatic heterocycles. The fraction of sp³-hybridized carbons (Fsp3) is 0.308. The Morgan fingerprint density at radius 3 is 2.47 bits per heavy atom. The van der Waals surface area contributed by atoms with Crippen molar-refractivity contribution >= 4 is 5.97 Å². The van der Waals surface area contributed by atoms with Gasteiger partial charge in [0.2, 0.25) is 11.6 Å². The van der Waals surface area contributed by atoms with Crippen LogP contribution in [0.25, 0.3) is 34.3 Å². The van der Waals surface area contributed by atoms with Gasteiger partial charge in [-0.05, 0) is 24.9 Å². The Morgan fingerprint density at radius 1 is 1.05 bits per heavy atom. The number of aromatic nitrogens is 3. The smallest absolute Gasteiger partial charge is 0.422 e. The average Bonchev–Trinajstić information content (AvgIpc) is 3.57. The van der Waals surface area contributed by atoms with Crippen LogP contribution < -0.4 is 0 Å². The monoisotopic (exact) mass is 528 g/mol. The van der Waals surface area contributed by atoms with Crippen LogP contribution in [0.5, 0.6) is 0 Å². The van der Waals surface area contributed by atoms with Crippen LogP contribution in [-0.2, 0) is 11.0 Å². The van der Waals surface area contributed by atoms with E-state index in [0.717, 1.165) is 6.42 Å². The van der Waals surface area contributed by atoms with Crippen LogP contribution in [0, 0.1) is 5.92 Å². The fourth-order valence-electron chi connectivity index (χ4n) is 4.55. The molecule has 1 aliphatic heterocycles. The summed E-state index contributed by atoms with van der Waals surface area (Å²) in [4.78, 5) is 17.3. The number of alkyl halides is 3. The Balaban J connectivity index is 1.34. The largest absolute Gasteiger partial charge is 0.481 e. The van der Waals surface area contributed by atoms with E-state index in [1.54, 1.807) is 42.5 Å². The summed E-state index contributed by atoms with van der Waals surface area (Å²) < 4.78 is 52.0. The summed E-state index contributed by atoms with van der Waals surface area (Å²) in [5.74, 6) is -2.39. The van der Waals surface area contributed by atoms with Crippen molar-refractivity contribution in [3.8, 4) is 34.3 Å². The number of hydrogen-bond donors (Lipinski definition) is 2. The predicted molar refractivity (Wildman–Crippen MR) is 127 cm³/mol. The summed E-state index contributed by atoms with van der Waals surface area (Å²) in [6.45, 7) is 1.37. The molecule has 5 rings (SSSR count). The van der Waals surface area contributed by atoms with Crippen LogP contribution in [0.4, 0.5) is 13.2 Å². The first-order chi connectivity index (χ1) is 18.2. The normalized spacial score (nSPS) is 17.4. The number of β-amino-alcohol motifs (C(OH)–C–C–N with tert-alkyl or cyclic N) is 1. The second kappa shape index (κ2) is 10.4. The molecule has 2 atom stereocenters. The zero-order valence-corrected chi connectivity index (χ0v) is 19.9. The molecule has 38 heavy (non-hydrogen) atoms. The molecule has 4 aromatic rings. The molecule has 0 amide bonds. The number of halogens is 3. The van der Waals surface area contributed by atoms with Crippen molar-refractivity contribution in [1.29, 1.82) is 0 Å². The van der Waals surface area contributed by atoms with Crippen LogP contribution in [0.1, 0.15) is 30.1 Å². The molecular formula is C26H23F3N4O5. The van der Waals surface area contributed by atoms with Gasteiger partial charge >= 0.3 is 12.1 Å². The second-order valence-corrected chi connectivity index (χ2v) is 9.10. The van der Waals surface area contributed by atoms with E-state index in [9.17, 15) is 28.2 Å². The molecule has 0 unspecified atom stereocenters. The number of likely N-dealkylation sites (tertiary alicyclic amines) is 1. The van der Waals surface area contributed by atoms with Gasteiger partial charge < -0.3 is 19.3 Å². The van der Waals surface area contributed by atoms with Gasteiger partial charge in [0.1, 0.15) is 11.3 Å². The molecule has 2 aromatic carbocycles. The van der Waals surface area contributed by atoms with Crippen LogP contribution in [0.3, 0.4) is 0 Å². The molecule has 1 fully saturated rings. The van der Waals surface area contributed by atoms with Gasteiger partial charge in [-0.25, -0.2) is 0 Å². The standard InChI is InChI=1S/C26H23F3N4O5/c27-26(28,29)20-21(16-5-2-1-3-6-16)31-37-22(20)24-30-23(32-38-24)17-10-8-15(9-11-17)19(34)14-33-12-4-7-18(13-33)25(35)36/h1-3,5-6,8-11,18-19,34H,4,7,12-14H2,(H,35,36)/t18-,19-/m0/s1. The molecule has 12 heteroatoms. The van der Waals surface area contributed by atoms with Crippen molar-refractivity contribution in [2.24, 2.45) is 5.92 Å². The van der Waals surface area contributed by atoms with Crippen molar-refractivity contribution in [1.82, 2.24) is 20.2 Å². The summed E-state index contributed by atoms with van der Waals surface area (Å²) in [6, 6.07) is 14.4. The lowest BCUT2D eigenvalue weighted by Crippen LogP contribution is -2.40. The molecule has 0 radical (unpaired) electrons. The number of carboxylic acids is 1. The summed E-state index contributed by atoms with van der Waals surface area (Å²) in [5, 5.41) is 27.3. The third-order valence-electron chi connectivity index (χ3n) is 6.48. The average molecular weight is 528 g/mol. The molecule has 0 spiro atoms. The van der Waals surface area contributed by atoms with Crippen LogP contribution >= 0.6 is 0 Å². The highest BCUT2D eigenvalue weighted by Crippen LogP contribution is 2.43. The topological polar surface area (TPSA) is 126 Å². The number of benzene rings is 2. The van der Waals surface area contributed by atoms with Gasteiger partial charge in [-0.3, -0.25) is 9.69 Å². The number of carbonyl (C=O) groups is 1. The number of rotatable bonds is 7. The molecule has 3 heterocycles. The Labute approximate surface area is 214 Å². The quantitative estimate of drug-likeness (QED) is 0.344. The number of piperidine rings is 1. The lowest BCUT2D eigenvalue weighted by molar-refractivity contribution is -0.143. The maximum atomic E-state index is 13.9. The summed E-state index contributed by atoms with van der Waals surface area (Å²) >= 11 is 0. The molecule has 1 aliphatic rings. The number of carboxylic acid groups (broad SMARTS) is 1. The minimum atomic E-state index is -4.79. The van der Waals surface area contributed by atoms with E-state index in [1.807, 2.05) is 4.90 Å². The van der Waals surface area contributed by atoms with E-state index in [0.29, 0.717) is 30.6 Å². The zero-order valence-electron chi connectivity index (χ0n) is 19.9. The number of aliphatic hydroxyl groups excluding tert-OH is 1. The second-order valence-electron chi connectivity index (χ2n) is 9.10. The van der Waals surface area contributed by atoms with Gasteiger partial charge in [-0.15, -0.1) is 0 Å². The van der Waals surface area contributed by atoms with Gasteiger partial charge in [0, 0.05) is 24.2 Å². The predicted octanol–water partition coefficient (Wildman–Crippen LogP) is 4.91. The molecule has 0 bridgehead atoms. The fourth-order valence-corrected chi connectivity index (χ4v) is 4.55. The molecule has 9 nitrogen and oxygen atoms in total. The Kier molecular flexibility index (Phi) is 7.00. The highest BCUT2D eigenvalue weighted by Gasteiger charge is 2.43. The lowest BCUT2D eigenvalue weighted by Gasteiger charge is -2.32. The van der Waals surface area contributed by atoms with E-state index in [4.69, 9.17) is 9.05 Å². The van der Waals surface area contributed by atoms with Gasteiger partial charge in [-0.1, -0.05) is 64.9 Å². The molecule has 1 saturated heterocycles. The molecule has 198 valence electrons. The van der Waals surface area contributed by atoms with Crippen molar-refractivity contribution in [3.05, 3.63) is 65.7 Å². The Bertz CT molecular complexity index is 1400. The maximum absolute atomic E-state index is 13.9. The molecule has 0 saturated carbocycles. The van der Waals surface area contributed by atoms with Gasteiger partial charge in [0.25, 0.3) is 5.89 Å². The van der Waals surface area contributed by atoms with E-state index >= 15 is 0 Å². The molecular weight excluding hydrogens is 505 g/mol. The Hall–Kier alpha value is -4.03. The first-order valence-electron chi connectivity index (χ1n) is 11.9. The van der Waals surface area contributed by atoms with Gasteiger partial charge in [0.15, 0.2) is 0 Å². The first-order valence-corrected chi connectivity index (χ1v) is 11.9. The van der Waals surface area contributed by atoms with Gasteiger partial charge in [0.05, 0.1) is 12.0 Å². The van der Waals surface area contributed by atoms with Crippen molar-refractivity contribution in [2.45, 2.75) is 25.1 Å². The zero-order chi connectivity index (χ0) is 26.9. The number of aliphatic hydroxyl groups is 1. The minimum absolute atomic E-state index is 0.0344. The third kappa shape index (κ3) is 5.31. The number of nitrogens with zero attached hydrogens (tertiary/aromatic N) is 4. The van der Waals surface area contributed by atoms with Crippen LogP contribution in [0.2, 0.25) is 0 Å².